The fraction of sp³-hybridized carbons (Fsp3) is 0.300. The fourth-order valence-electron chi connectivity index (χ4n) is 1.53. The number of hydrogen-bond acceptors (Lipinski definition) is 3. The van der Waals surface area contributed by atoms with E-state index in [2.05, 4.69) is 5.32 Å². The van der Waals surface area contributed by atoms with Crippen molar-refractivity contribution in [2.75, 3.05) is 12.4 Å². The van der Waals surface area contributed by atoms with Gasteiger partial charge in [-0.2, -0.15) is 0 Å². The van der Waals surface area contributed by atoms with Crippen molar-refractivity contribution in [1.29, 1.82) is 0 Å². The molecule has 1 atom stereocenters. The highest BCUT2D eigenvalue weighted by atomic mass is 16.5. The highest BCUT2D eigenvalue weighted by Gasteiger charge is 2.22. The summed E-state index contributed by atoms with van der Waals surface area (Å²) in [6.45, 7) is 0. The van der Waals surface area contributed by atoms with Crippen LogP contribution in [0.25, 0.3) is 0 Å². The van der Waals surface area contributed by atoms with Gasteiger partial charge in [0.2, 0.25) is 5.91 Å². The van der Waals surface area contributed by atoms with Crippen molar-refractivity contribution in [3.05, 3.63) is 23.8 Å². The SMILES string of the molecule is COc1ccc2c(c1)NC(=O)C(N)C2. The number of nitrogens with one attached hydrogen (secondary N) is 1. The first-order valence-electron chi connectivity index (χ1n) is 4.44. The zero-order chi connectivity index (χ0) is 10.1. The zero-order valence-corrected chi connectivity index (χ0v) is 7.91. The van der Waals surface area contributed by atoms with Gasteiger partial charge in [-0.15, -0.1) is 0 Å². The Morgan fingerprint density at radius 3 is 3.07 bits per heavy atom. The molecule has 0 aromatic heterocycles. The van der Waals surface area contributed by atoms with Gasteiger partial charge in [0.25, 0.3) is 0 Å². The minimum absolute atomic E-state index is 0.134. The number of anilines is 1. The molecule has 74 valence electrons. The second-order valence-electron chi connectivity index (χ2n) is 3.32. The zero-order valence-electron chi connectivity index (χ0n) is 7.91. The van der Waals surface area contributed by atoms with Gasteiger partial charge in [0.05, 0.1) is 13.2 Å². The Hall–Kier alpha value is -1.55. The molecule has 0 fully saturated rings. The van der Waals surface area contributed by atoms with Crippen LogP contribution < -0.4 is 15.8 Å². The third-order valence-corrected chi connectivity index (χ3v) is 2.35. The second kappa shape index (κ2) is 3.31. The summed E-state index contributed by atoms with van der Waals surface area (Å²) in [7, 11) is 1.60. The van der Waals surface area contributed by atoms with E-state index in [4.69, 9.17) is 10.5 Å². The summed E-state index contributed by atoms with van der Waals surface area (Å²) in [6, 6.07) is 5.16. The number of carbonyl (C=O) groups excluding carboxylic acids is 1. The maximum Gasteiger partial charge on any atom is 0.241 e. The molecule has 1 aromatic rings. The molecule has 1 aromatic carbocycles. The van der Waals surface area contributed by atoms with E-state index in [1.54, 1.807) is 13.2 Å². The summed E-state index contributed by atoms with van der Waals surface area (Å²) in [6.07, 6.45) is 0.588. The Balaban J connectivity index is 2.37. The maximum absolute atomic E-state index is 11.3. The van der Waals surface area contributed by atoms with Crippen LogP contribution in [0.3, 0.4) is 0 Å². The first-order chi connectivity index (χ1) is 6.70. The first kappa shape index (κ1) is 9.02. The third kappa shape index (κ3) is 1.44. The van der Waals surface area contributed by atoms with E-state index in [1.807, 2.05) is 12.1 Å². The Morgan fingerprint density at radius 1 is 1.57 bits per heavy atom. The average Bonchev–Trinajstić information content (AvgIpc) is 2.19. The van der Waals surface area contributed by atoms with Gasteiger partial charge in [-0.3, -0.25) is 4.79 Å². The van der Waals surface area contributed by atoms with E-state index in [-0.39, 0.29) is 5.91 Å². The molecule has 1 unspecified atom stereocenters. The van der Waals surface area contributed by atoms with Gasteiger partial charge in [0.1, 0.15) is 5.75 Å². The first-order valence-corrected chi connectivity index (χ1v) is 4.44. The molecule has 0 saturated heterocycles. The highest BCUT2D eigenvalue weighted by Crippen LogP contribution is 2.26. The van der Waals surface area contributed by atoms with Crippen molar-refractivity contribution in [2.45, 2.75) is 12.5 Å². The molecule has 0 bridgehead atoms. The molecule has 0 spiro atoms. The van der Waals surface area contributed by atoms with Gasteiger partial charge < -0.3 is 15.8 Å². The van der Waals surface area contributed by atoms with E-state index in [1.165, 1.54) is 0 Å². The lowest BCUT2D eigenvalue weighted by molar-refractivity contribution is -0.117. The number of methoxy groups -OCH3 is 1. The lowest BCUT2D eigenvalue weighted by Crippen LogP contribution is -2.40. The van der Waals surface area contributed by atoms with Gasteiger partial charge in [-0.1, -0.05) is 6.07 Å². The van der Waals surface area contributed by atoms with Crippen LogP contribution in [0.4, 0.5) is 5.69 Å². The van der Waals surface area contributed by atoms with E-state index in [0.717, 1.165) is 17.0 Å². The Kier molecular flexibility index (Phi) is 2.13. The molecule has 1 amide bonds. The number of rotatable bonds is 1. The van der Waals surface area contributed by atoms with Crippen LogP contribution in [-0.4, -0.2) is 19.1 Å². The lowest BCUT2D eigenvalue weighted by atomic mass is 9.99. The number of hydrogen-bond donors (Lipinski definition) is 2. The minimum Gasteiger partial charge on any atom is -0.497 e. The quantitative estimate of drug-likeness (QED) is 0.681. The maximum atomic E-state index is 11.3. The summed E-state index contributed by atoms with van der Waals surface area (Å²) in [5, 5.41) is 2.74. The van der Waals surface area contributed by atoms with Gasteiger partial charge >= 0.3 is 0 Å². The summed E-state index contributed by atoms with van der Waals surface area (Å²) < 4.78 is 5.06. The van der Waals surface area contributed by atoms with Crippen LogP contribution in [0.5, 0.6) is 5.75 Å². The molecule has 0 aliphatic carbocycles. The van der Waals surface area contributed by atoms with Gasteiger partial charge in [-0.05, 0) is 18.1 Å². The normalized spacial score (nSPS) is 19.9. The standard InChI is InChI=1S/C10H12N2O2/c1-14-7-3-2-6-4-8(11)10(13)12-9(6)5-7/h2-3,5,8H,4,11H2,1H3,(H,12,13). The number of carbonyl (C=O) groups is 1. The molecule has 1 aliphatic heterocycles. The van der Waals surface area contributed by atoms with E-state index >= 15 is 0 Å². The van der Waals surface area contributed by atoms with Crippen LogP contribution in [0.15, 0.2) is 18.2 Å². The average molecular weight is 192 g/mol. The molecule has 1 heterocycles. The number of amides is 1. The summed E-state index contributed by atoms with van der Waals surface area (Å²) in [5.74, 6) is 0.602. The van der Waals surface area contributed by atoms with Crippen molar-refractivity contribution in [3.8, 4) is 5.75 Å². The highest BCUT2D eigenvalue weighted by molar-refractivity contribution is 5.98. The monoisotopic (exact) mass is 192 g/mol. The predicted octanol–water partition coefficient (Wildman–Crippen LogP) is 0.517. The second-order valence-corrected chi connectivity index (χ2v) is 3.32. The molecule has 14 heavy (non-hydrogen) atoms. The largest absolute Gasteiger partial charge is 0.497 e. The molecule has 4 heteroatoms. The van der Waals surface area contributed by atoms with E-state index in [9.17, 15) is 4.79 Å². The Labute approximate surface area is 82.1 Å². The Bertz CT molecular complexity index is 376. The lowest BCUT2D eigenvalue weighted by Gasteiger charge is -2.21. The number of ether oxygens (including phenoxy) is 1. The van der Waals surface area contributed by atoms with Gasteiger partial charge in [-0.25, -0.2) is 0 Å². The van der Waals surface area contributed by atoms with Crippen LogP contribution in [-0.2, 0) is 11.2 Å². The molecular formula is C10H12N2O2. The Morgan fingerprint density at radius 2 is 2.36 bits per heavy atom. The van der Waals surface area contributed by atoms with Crippen molar-refractivity contribution < 1.29 is 9.53 Å². The van der Waals surface area contributed by atoms with E-state index < -0.39 is 6.04 Å². The van der Waals surface area contributed by atoms with Crippen LogP contribution in [0.1, 0.15) is 5.56 Å². The van der Waals surface area contributed by atoms with Crippen LogP contribution in [0.2, 0.25) is 0 Å². The third-order valence-electron chi connectivity index (χ3n) is 2.35. The van der Waals surface area contributed by atoms with Crippen molar-refractivity contribution in [3.63, 3.8) is 0 Å². The predicted molar refractivity (Wildman–Crippen MR) is 53.3 cm³/mol. The summed E-state index contributed by atoms with van der Waals surface area (Å²) >= 11 is 0. The summed E-state index contributed by atoms with van der Waals surface area (Å²) in [4.78, 5) is 11.3. The van der Waals surface area contributed by atoms with Gasteiger partial charge in [0.15, 0.2) is 0 Å². The topological polar surface area (TPSA) is 64.3 Å². The van der Waals surface area contributed by atoms with Crippen molar-refractivity contribution >= 4 is 11.6 Å². The molecular weight excluding hydrogens is 180 g/mol. The molecule has 4 nitrogen and oxygen atoms in total. The number of benzene rings is 1. The molecule has 2 rings (SSSR count). The molecule has 3 N–H and O–H groups in total. The number of fused-ring (bicyclic) bond motifs is 1. The number of nitrogens with two attached hydrogens (primary N) is 1. The molecule has 1 aliphatic rings. The van der Waals surface area contributed by atoms with Gasteiger partial charge in [0, 0.05) is 11.8 Å². The van der Waals surface area contributed by atoms with Crippen molar-refractivity contribution in [2.24, 2.45) is 5.73 Å². The van der Waals surface area contributed by atoms with Crippen molar-refractivity contribution in [1.82, 2.24) is 0 Å². The van der Waals surface area contributed by atoms with Crippen LogP contribution in [0, 0.1) is 0 Å². The molecule has 0 radical (unpaired) electrons. The summed E-state index contributed by atoms with van der Waals surface area (Å²) in [5.41, 5.74) is 7.48. The fourth-order valence-corrected chi connectivity index (χ4v) is 1.53. The smallest absolute Gasteiger partial charge is 0.241 e. The van der Waals surface area contributed by atoms with Crippen LogP contribution >= 0.6 is 0 Å². The molecule has 0 saturated carbocycles. The van der Waals surface area contributed by atoms with E-state index in [0.29, 0.717) is 6.42 Å². The minimum atomic E-state index is -0.434.